The van der Waals surface area contributed by atoms with Crippen molar-refractivity contribution in [1.82, 2.24) is 15.6 Å². The predicted octanol–water partition coefficient (Wildman–Crippen LogP) is 1.93. The molecular weight excluding hydrogens is 202 g/mol. The summed E-state index contributed by atoms with van der Waals surface area (Å²) in [6, 6.07) is 3.63. The highest BCUT2D eigenvalue weighted by Gasteiger charge is 2.11. The fraction of sp³-hybridized carbons (Fsp3) is 0.500. The van der Waals surface area contributed by atoms with E-state index in [1.54, 1.807) is 12.4 Å². The van der Waals surface area contributed by atoms with Crippen LogP contribution in [-0.2, 0) is 6.54 Å². The topological polar surface area (TPSA) is 54.0 Å². The van der Waals surface area contributed by atoms with Crippen LogP contribution in [0.1, 0.15) is 26.3 Å². The third-order valence-electron chi connectivity index (χ3n) is 1.98. The van der Waals surface area contributed by atoms with E-state index < -0.39 is 0 Å². The second-order valence-corrected chi connectivity index (χ2v) is 4.95. The van der Waals surface area contributed by atoms with Gasteiger partial charge in [-0.2, -0.15) is 0 Å². The van der Waals surface area contributed by atoms with Gasteiger partial charge in [0.2, 0.25) is 0 Å². The first-order valence-corrected chi connectivity index (χ1v) is 5.38. The molecule has 4 heteroatoms. The SMILES string of the molecule is CC(C)(C)CNC(=O)NCc1ccncc1. The van der Waals surface area contributed by atoms with Crippen molar-refractivity contribution in [3.63, 3.8) is 0 Å². The van der Waals surface area contributed by atoms with Gasteiger partial charge >= 0.3 is 6.03 Å². The average Bonchev–Trinajstić information content (AvgIpc) is 2.24. The molecule has 0 atom stereocenters. The molecule has 4 nitrogen and oxygen atoms in total. The number of carbonyl (C=O) groups is 1. The zero-order valence-electron chi connectivity index (χ0n) is 10.1. The van der Waals surface area contributed by atoms with Crippen LogP contribution < -0.4 is 10.6 Å². The Morgan fingerprint density at radius 1 is 1.25 bits per heavy atom. The second kappa shape index (κ2) is 5.49. The van der Waals surface area contributed by atoms with Gasteiger partial charge in [0, 0.05) is 25.5 Å². The standard InChI is InChI=1S/C12H19N3O/c1-12(2,3)9-15-11(16)14-8-10-4-6-13-7-5-10/h4-7H,8-9H2,1-3H3,(H2,14,15,16). The van der Waals surface area contributed by atoms with E-state index in [-0.39, 0.29) is 11.4 Å². The second-order valence-electron chi connectivity index (χ2n) is 4.95. The molecule has 0 unspecified atom stereocenters. The summed E-state index contributed by atoms with van der Waals surface area (Å²) in [6.45, 7) is 7.43. The summed E-state index contributed by atoms with van der Waals surface area (Å²) in [7, 11) is 0. The third kappa shape index (κ3) is 5.34. The molecule has 0 fully saturated rings. The Labute approximate surface area is 96.5 Å². The zero-order valence-corrected chi connectivity index (χ0v) is 10.1. The smallest absolute Gasteiger partial charge is 0.315 e. The molecule has 0 aliphatic carbocycles. The molecule has 0 aromatic carbocycles. The van der Waals surface area contributed by atoms with Crippen LogP contribution in [0.3, 0.4) is 0 Å². The van der Waals surface area contributed by atoms with Crippen LogP contribution >= 0.6 is 0 Å². The van der Waals surface area contributed by atoms with E-state index in [9.17, 15) is 4.79 Å². The molecular formula is C12H19N3O. The summed E-state index contributed by atoms with van der Waals surface area (Å²) >= 11 is 0. The van der Waals surface area contributed by atoms with E-state index in [0.717, 1.165) is 5.56 Å². The molecule has 0 spiro atoms. The van der Waals surface area contributed by atoms with Gasteiger partial charge in [-0.15, -0.1) is 0 Å². The van der Waals surface area contributed by atoms with E-state index in [0.29, 0.717) is 13.1 Å². The van der Waals surface area contributed by atoms with Crippen molar-refractivity contribution in [2.45, 2.75) is 27.3 Å². The summed E-state index contributed by atoms with van der Waals surface area (Å²) in [5, 5.41) is 5.62. The normalized spacial score (nSPS) is 10.9. The number of urea groups is 1. The molecule has 1 aromatic rings. The minimum absolute atomic E-state index is 0.105. The molecule has 0 radical (unpaired) electrons. The lowest BCUT2D eigenvalue weighted by molar-refractivity contribution is 0.235. The quantitative estimate of drug-likeness (QED) is 0.819. The highest BCUT2D eigenvalue weighted by atomic mass is 16.2. The maximum atomic E-state index is 11.4. The number of nitrogens with one attached hydrogen (secondary N) is 2. The highest BCUT2D eigenvalue weighted by molar-refractivity contribution is 5.73. The van der Waals surface area contributed by atoms with Crippen LogP contribution in [0.2, 0.25) is 0 Å². The van der Waals surface area contributed by atoms with Crippen LogP contribution in [-0.4, -0.2) is 17.6 Å². The van der Waals surface area contributed by atoms with E-state index in [1.807, 2.05) is 12.1 Å². The largest absolute Gasteiger partial charge is 0.338 e. The van der Waals surface area contributed by atoms with Gasteiger partial charge in [-0.05, 0) is 23.1 Å². The van der Waals surface area contributed by atoms with Gasteiger partial charge in [0.05, 0.1) is 0 Å². The van der Waals surface area contributed by atoms with Gasteiger partial charge in [-0.25, -0.2) is 4.79 Å². The zero-order chi connectivity index (χ0) is 12.0. The molecule has 0 bridgehead atoms. The maximum absolute atomic E-state index is 11.4. The summed E-state index contributed by atoms with van der Waals surface area (Å²) in [6.07, 6.45) is 3.42. The van der Waals surface area contributed by atoms with E-state index in [1.165, 1.54) is 0 Å². The Morgan fingerprint density at radius 2 is 1.88 bits per heavy atom. The molecule has 88 valence electrons. The van der Waals surface area contributed by atoms with Crippen LogP contribution in [0.5, 0.6) is 0 Å². The first-order chi connectivity index (χ1) is 7.47. The van der Waals surface area contributed by atoms with Crippen molar-refractivity contribution in [2.75, 3.05) is 6.54 Å². The van der Waals surface area contributed by atoms with Crippen LogP contribution in [0.4, 0.5) is 4.79 Å². The molecule has 1 aromatic heterocycles. The Kier molecular flexibility index (Phi) is 4.28. The number of nitrogens with zero attached hydrogens (tertiary/aromatic N) is 1. The van der Waals surface area contributed by atoms with Crippen LogP contribution in [0.25, 0.3) is 0 Å². The Bertz CT molecular complexity index is 330. The minimum Gasteiger partial charge on any atom is -0.338 e. The highest BCUT2D eigenvalue weighted by Crippen LogP contribution is 2.09. The van der Waals surface area contributed by atoms with E-state index in [2.05, 4.69) is 36.4 Å². The summed E-state index contributed by atoms with van der Waals surface area (Å²) < 4.78 is 0. The maximum Gasteiger partial charge on any atom is 0.315 e. The van der Waals surface area contributed by atoms with Crippen molar-refractivity contribution in [1.29, 1.82) is 0 Å². The first-order valence-electron chi connectivity index (χ1n) is 5.38. The van der Waals surface area contributed by atoms with Crippen molar-refractivity contribution in [3.05, 3.63) is 30.1 Å². The Balaban J connectivity index is 2.26. The van der Waals surface area contributed by atoms with Gasteiger partial charge in [-0.3, -0.25) is 4.98 Å². The summed E-state index contributed by atoms with van der Waals surface area (Å²) in [4.78, 5) is 15.3. The van der Waals surface area contributed by atoms with Crippen molar-refractivity contribution in [3.8, 4) is 0 Å². The fourth-order valence-electron chi connectivity index (χ4n) is 1.09. The number of hydrogen-bond acceptors (Lipinski definition) is 2. The number of amides is 2. The lowest BCUT2D eigenvalue weighted by Crippen LogP contribution is -2.39. The minimum atomic E-state index is -0.133. The summed E-state index contributed by atoms with van der Waals surface area (Å²) in [5.41, 5.74) is 1.15. The molecule has 0 saturated carbocycles. The van der Waals surface area contributed by atoms with Gasteiger partial charge in [0.15, 0.2) is 0 Å². The van der Waals surface area contributed by atoms with E-state index in [4.69, 9.17) is 0 Å². The number of rotatable bonds is 3. The molecule has 16 heavy (non-hydrogen) atoms. The van der Waals surface area contributed by atoms with Crippen LogP contribution in [0, 0.1) is 5.41 Å². The predicted molar refractivity (Wildman–Crippen MR) is 63.9 cm³/mol. The molecule has 2 N–H and O–H groups in total. The number of hydrogen-bond donors (Lipinski definition) is 2. The number of pyridine rings is 1. The summed E-state index contributed by atoms with van der Waals surface area (Å²) in [5.74, 6) is 0. The van der Waals surface area contributed by atoms with Crippen molar-refractivity contribution >= 4 is 6.03 Å². The molecule has 0 aliphatic rings. The lowest BCUT2D eigenvalue weighted by atomic mass is 9.97. The molecule has 2 amide bonds. The van der Waals surface area contributed by atoms with Gasteiger partial charge in [-0.1, -0.05) is 20.8 Å². The average molecular weight is 221 g/mol. The van der Waals surface area contributed by atoms with Crippen molar-refractivity contribution in [2.24, 2.45) is 5.41 Å². The molecule has 0 aliphatic heterocycles. The molecule has 1 heterocycles. The fourth-order valence-corrected chi connectivity index (χ4v) is 1.09. The molecule has 0 saturated heterocycles. The third-order valence-corrected chi connectivity index (χ3v) is 1.98. The van der Waals surface area contributed by atoms with Gasteiger partial charge in [0.25, 0.3) is 0 Å². The lowest BCUT2D eigenvalue weighted by Gasteiger charge is -2.18. The Morgan fingerprint density at radius 3 is 2.44 bits per heavy atom. The molecule has 1 rings (SSSR count). The van der Waals surface area contributed by atoms with Crippen LogP contribution in [0.15, 0.2) is 24.5 Å². The van der Waals surface area contributed by atoms with Crippen molar-refractivity contribution < 1.29 is 4.79 Å². The van der Waals surface area contributed by atoms with E-state index >= 15 is 0 Å². The first kappa shape index (κ1) is 12.5. The Hall–Kier alpha value is -1.58. The number of carbonyl (C=O) groups excluding carboxylic acids is 1. The number of aromatic nitrogens is 1. The van der Waals surface area contributed by atoms with Gasteiger partial charge < -0.3 is 10.6 Å². The van der Waals surface area contributed by atoms with Gasteiger partial charge in [0.1, 0.15) is 0 Å². The monoisotopic (exact) mass is 221 g/mol.